The van der Waals surface area contributed by atoms with Crippen molar-refractivity contribution < 1.29 is 13.9 Å². The van der Waals surface area contributed by atoms with Gasteiger partial charge in [0.15, 0.2) is 5.96 Å². The molecule has 0 unspecified atom stereocenters. The summed E-state index contributed by atoms with van der Waals surface area (Å²) in [4.78, 5) is 18.8. The molecule has 1 saturated heterocycles. The second-order valence-electron chi connectivity index (χ2n) is 7.17. The highest BCUT2D eigenvalue weighted by Crippen LogP contribution is 2.17. The zero-order valence-electron chi connectivity index (χ0n) is 17.1. The number of hydrogen-bond acceptors (Lipinski definition) is 5. The number of piperidine rings is 1. The van der Waals surface area contributed by atoms with Gasteiger partial charge in [0.25, 0.3) is 0 Å². The fourth-order valence-electron chi connectivity index (χ4n) is 3.23. The molecule has 1 aromatic rings. The Bertz CT molecular complexity index is 619. The van der Waals surface area contributed by atoms with Gasteiger partial charge in [0.2, 0.25) is 0 Å². The Balaban J connectivity index is 1.79. The van der Waals surface area contributed by atoms with Crippen molar-refractivity contribution in [1.82, 2.24) is 15.5 Å². The van der Waals surface area contributed by atoms with Gasteiger partial charge in [-0.2, -0.15) is 0 Å². The van der Waals surface area contributed by atoms with Gasteiger partial charge < -0.3 is 24.7 Å². The molecule has 0 radical (unpaired) electrons. The van der Waals surface area contributed by atoms with Crippen molar-refractivity contribution in [2.75, 3.05) is 39.8 Å². The van der Waals surface area contributed by atoms with Crippen molar-refractivity contribution in [3.63, 3.8) is 0 Å². The first-order valence-corrected chi connectivity index (χ1v) is 9.95. The van der Waals surface area contributed by atoms with Gasteiger partial charge >= 0.3 is 5.97 Å². The third-order valence-corrected chi connectivity index (χ3v) is 4.93. The topological polar surface area (TPSA) is 79.1 Å². The van der Waals surface area contributed by atoms with E-state index >= 15 is 0 Å². The highest BCUT2D eigenvalue weighted by molar-refractivity contribution is 5.90. The molecule has 0 aromatic carbocycles. The lowest BCUT2D eigenvalue weighted by Gasteiger charge is -2.30. The van der Waals surface area contributed by atoms with E-state index in [4.69, 9.17) is 9.15 Å². The molecule has 0 aliphatic carbocycles. The Hall–Kier alpha value is -2.02. The molecule has 1 aliphatic heterocycles. The maximum absolute atomic E-state index is 11.7. The van der Waals surface area contributed by atoms with Gasteiger partial charge in [0, 0.05) is 13.1 Å². The predicted octanol–water partition coefficient (Wildman–Crippen LogP) is 2.55. The molecule has 1 aliphatic rings. The average Bonchev–Trinajstić information content (AvgIpc) is 3.04. The molecule has 0 saturated carbocycles. The van der Waals surface area contributed by atoms with Crippen LogP contribution in [0.5, 0.6) is 0 Å². The van der Waals surface area contributed by atoms with Gasteiger partial charge in [-0.1, -0.05) is 6.92 Å². The number of esters is 1. The number of nitrogens with zero attached hydrogens (tertiary/aromatic N) is 2. The Kier molecular flexibility index (Phi) is 8.64. The van der Waals surface area contributed by atoms with Crippen LogP contribution in [-0.4, -0.2) is 56.7 Å². The maximum atomic E-state index is 11.7. The van der Waals surface area contributed by atoms with Crippen LogP contribution in [0.4, 0.5) is 0 Å². The molecule has 2 rings (SSSR count). The standard InChI is InChI=1S/C20H34N4O3/c1-5-21-20(22-9-6-10-24-11-7-15(2)8-12-24)23-14-17-13-18(16(3)27-17)19(25)26-4/h13,15H,5-12,14H2,1-4H3,(H2,21,22,23). The van der Waals surface area contributed by atoms with Crippen molar-refractivity contribution in [1.29, 1.82) is 0 Å². The first kappa shape index (κ1) is 21.3. The summed E-state index contributed by atoms with van der Waals surface area (Å²) in [5.41, 5.74) is 0.455. The molecule has 1 fully saturated rings. The lowest BCUT2D eigenvalue weighted by Crippen LogP contribution is -2.39. The highest BCUT2D eigenvalue weighted by atomic mass is 16.5. The zero-order valence-corrected chi connectivity index (χ0v) is 17.1. The van der Waals surface area contributed by atoms with Gasteiger partial charge in [-0.3, -0.25) is 0 Å². The number of ether oxygens (including phenoxy) is 1. The number of aliphatic imine (C=N–C) groups is 1. The molecule has 7 heteroatoms. The van der Waals surface area contributed by atoms with Gasteiger partial charge in [-0.05, 0) is 64.7 Å². The number of methoxy groups -OCH3 is 1. The third kappa shape index (κ3) is 6.90. The van der Waals surface area contributed by atoms with Crippen LogP contribution in [-0.2, 0) is 11.3 Å². The Labute approximate surface area is 162 Å². The summed E-state index contributed by atoms with van der Waals surface area (Å²) in [6, 6.07) is 1.70. The van der Waals surface area contributed by atoms with Crippen molar-refractivity contribution in [2.24, 2.45) is 10.9 Å². The fraction of sp³-hybridized carbons (Fsp3) is 0.700. The van der Waals surface area contributed by atoms with Crippen LogP contribution in [0.1, 0.15) is 55.0 Å². The molecular weight excluding hydrogens is 344 g/mol. The average molecular weight is 379 g/mol. The number of hydrogen-bond donors (Lipinski definition) is 2. The van der Waals surface area contributed by atoms with E-state index in [1.54, 1.807) is 13.0 Å². The summed E-state index contributed by atoms with van der Waals surface area (Å²) < 4.78 is 10.4. The van der Waals surface area contributed by atoms with Crippen LogP contribution in [0.25, 0.3) is 0 Å². The molecule has 1 aromatic heterocycles. The molecule has 0 amide bonds. The van der Waals surface area contributed by atoms with E-state index in [1.807, 2.05) is 6.92 Å². The number of aryl methyl sites for hydroxylation is 1. The van der Waals surface area contributed by atoms with E-state index < -0.39 is 0 Å². The number of rotatable bonds is 8. The molecular formula is C20H34N4O3. The summed E-state index contributed by atoms with van der Waals surface area (Å²) in [5.74, 6) is 2.45. The maximum Gasteiger partial charge on any atom is 0.341 e. The fourth-order valence-corrected chi connectivity index (χ4v) is 3.23. The van der Waals surface area contributed by atoms with Gasteiger partial charge in [0.05, 0.1) is 7.11 Å². The van der Waals surface area contributed by atoms with Crippen LogP contribution in [0.2, 0.25) is 0 Å². The normalized spacial score (nSPS) is 16.4. The van der Waals surface area contributed by atoms with Crippen LogP contribution >= 0.6 is 0 Å². The minimum absolute atomic E-state index is 0.372. The number of likely N-dealkylation sites (tertiary alicyclic amines) is 1. The van der Waals surface area contributed by atoms with E-state index in [9.17, 15) is 4.79 Å². The molecule has 0 atom stereocenters. The zero-order chi connectivity index (χ0) is 19.6. The lowest BCUT2D eigenvalue weighted by atomic mass is 9.99. The highest BCUT2D eigenvalue weighted by Gasteiger charge is 2.16. The number of carbonyl (C=O) groups is 1. The number of guanidine groups is 1. The van der Waals surface area contributed by atoms with E-state index in [2.05, 4.69) is 27.4 Å². The quantitative estimate of drug-likeness (QED) is 0.313. The second kappa shape index (κ2) is 11.0. The van der Waals surface area contributed by atoms with Gasteiger partial charge in [0.1, 0.15) is 23.6 Å². The third-order valence-electron chi connectivity index (χ3n) is 4.93. The van der Waals surface area contributed by atoms with E-state index in [-0.39, 0.29) is 5.97 Å². The summed E-state index contributed by atoms with van der Waals surface area (Å²) in [6.07, 6.45) is 3.71. The van der Waals surface area contributed by atoms with E-state index in [1.165, 1.54) is 33.0 Å². The van der Waals surface area contributed by atoms with Crippen molar-refractivity contribution in [3.8, 4) is 0 Å². The van der Waals surface area contributed by atoms with Crippen LogP contribution < -0.4 is 10.6 Å². The van der Waals surface area contributed by atoms with Crippen LogP contribution in [0.15, 0.2) is 15.5 Å². The molecule has 2 heterocycles. The van der Waals surface area contributed by atoms with Crippen molar-refractivity contribution >= 4 is 11.9 Å². The van der Waals surface area contributed by atoms with Crippen LogP contribution in [0.3, 0.4) is 0 Å². The Morgan fingerprint density at radius 2 is 2.11 bits per heavy atom. The molecule has 7 nitrogen and oxygen atoms in total. The second-order valence-corrected chi connectivity index (χ2v) is 7.17. The monoisotopic (exact) mass is 378 g/mol. The SMILES string of the molecule is CCNC(=NCc1cc(C(=O)OC)c(C)o1)NCCCN1CCC(C)CC1. The van der Waals surface area contributed by atoms with Gasteiger partial charge in [-0.15, -0.1) is 0 Å². The number of nitrogens with one attached hydrogen (secondary N) is 2. The number of furan rings is 1. The van der Waals surface area contributed by atoms with E-state index in [0.717, 1.165) is 37.9 Å². The predicted molar refractivity (Wildman–Crippen MR) is 107 cm³/mol. The van der Waals surface area contributed by atoms with Gasteiger partial charge in [-0.25, -0.2) is 9.79 Å². The lowest BCUT2D eigenvalue weighted by molar-refractivity contribution is 0.0599. The molecule has 2 N–H and O–H groups in total. The Morgan fingerprint density at radius 1 is 1.37 bits per heavy atom. The van der Waals surface area contributed by atoms with Crippen LogP contribution in [0, 0.1) is 12.8 Å². The minimum Gasteiger partial charge on any atom is -0.465 e. The molecule has 0 spiro atoms. The molecule has 152 valence electrons. The number of carbonyl (C=O) groups excluding carboxylic acids is 1. The summed E-state index contributed by atoms with van der Waals surface area (Å²) >= 11 is 0. The first-order chi connectivity index (χ1) is 13.0. The van der Waals surface area contributed by atoms with Crippen molar-refractivity contribution in [3.05, 3.63) is 23.2 Å². The molecule has 27 heavy (non-hydrogen) atoms. The summed E-state index contributed by atoms with van der Waals surface area (Å²) in [7, 11) is 1.37. The summed E-state index contributed by atoms with van der Waals surface area (Å²) in [6.45, 7) is 11.7. The first-order valence-electron chi connectivity index (χ1n) is 9.95. The minimum atomic E-state index is -0.386. The largest absolute Gasteiger partial charge is 0.465 e. The summed E-state index contributed by atoms with van der Waals surface area (Å²) in [5, 5.41) is 6.62. The Morgan fingerprint density at radius 3 is 2.78 bits per heavy atom. The van der Waals surface area contributed by atoms with Crippen molar-refractivity contribution in [2.45, 2.75) is 46.6 Å². The smallest absolute Gasteiger partial charge is 0.341 e. The van der Waals surface area contributed by atoms with E-state index in [0.29, 0.717) is 23.6 Å². The molecule has 0 bridgehead atoms.